The third-order valence-corrected chi connectivity index (χ3v) is 2.49. The molecule has 7 nitrogen and oxygen atoms in total. The molecule has 2 heterocycles. The smallest absolute Gasteiger partial charge is 0.330 e. The molecular weight excluding hydrogens is 228 g/mol. The molecule has 2 atom stereocenters. The number of hydrogen-bond acceptors (Lipinski definition) is 5. The van der Waals surface area contributed by atoms with E-state index in [0.717, 1.165) is 4.57 Å². The van der Waals surface area contributed by atoms with Crippen LogP contribution in [0.15, 0.2) is 33.5 Å². The molecule has 0 bridgehead atoms. The zero-order valence-electron chi connectivity index (χ0n) is 8.87. The molecule has 1 aliphatic heterocycles. The van der Waals surface area contributed by atoms with Gasteiger partial charge in [-0.05, 0) is 6.08 Å². The average molecular weight is 240 g/mol. The summed E-state index contributed by atoms with van der Waals surface area (Å²) in [6, 6.07) is 1.19. The largest absolute Gasteiger partial charge is 0.393 e. The molecule has 0 spiro atoms. The lowest BCUT2D eigenvalue weighted by Gasteiger charge is -2.17. The molecule has 92 valence electrons. The average Bonchev–Trinajstić information content (AvgIpc) is 2.72. The normalized spacial score (nSPS) is 23.8. The van der Waals surface area contributed by atoms with Crippen LogP contribution in [0, 0.1) is 0 Å². The van der Waals surface area contributed by atoms with Crippen LogP contribution in [0.4, 0.5) is 0 Å². The second-order valence-corrected chi connectivity index (χ2v) is 3.63. The van der Waals surface area contributed by atoms with E-state index >= 15 is 0 Å². The van der Waals surface area contributed by atoms with Gasteiger partial charge in [0.25, 0.3) is 5.56 Å². The van der Waals surface area contributed by atoms with Crippen LogP contribution in [-0.2, 0) is 4.74 Å². The highest BCUT2D eigenvalue weighted by Gasteiger charge is 2.28. The van der Waals surface area contributed by atoms with E-state index in [1.807, 2.05) is 0 Å². The maximum absolute atomic E-state index is 11.5. The Kier molecular flexibility index (Phi) is 3.23. The van der Waals surface area contributed by atoms with Crippen molar-refractivity contribution in [3.05, 3.63) is 44.8 Å². The van der Waals surface area contributed by atoms with Gasteiger partial charge in [-0.15, -0.1) is 0 Å². The van der Waals surface area contributed by atoms with Crippen LogP contribution in [0.2, 0.25) is 0 Å². The Bertz CT molecular complexity index is 544. The molecule has 2 rings (SSSR count). The number of aromatic amines is 1. The van der Waals surface area contributed by atoms with Gasteiger partial charge >= 0.3 is 5.69 Å². The van der Waals surface area contributed by atoms with E-state index in [1.54, 1.807) is 6.08 Å². The summed E-state index contributed by atoms with van der Waals surface area (Å²) < 4.78 is 6.51. The number of aromatic nitrogens is 2. The fraction of sp³-hybridized carbons (Fsp3) is 0.400. The van der Waals surface area contributed by atoms with Crippen molar-refractivity contribution in [2.45, 2.75) is 12.3 Å². The number of ether oxygens (including phenoxy) is 1. The van der Waals surface area contributed by atoms with Gasteiger partial charge in [-0.3, -0.25) is 14.3 Å². The summed E-state index contributed by atoms with van der Waals surface area (Å²) in [7, 11) is 0. The van der Waals surface area contributed by atoms with E-state index in [-0.39, 0.29) is 13.2 Å². The zero-order chi connectivity index (χ0) is 12.4. The standard InChI is InChI=1S/C10H12N2O5/c13-4-6-3-7(5-14)17-9(6)12-2-1-8(15)11-10(12)16/h1-3,7,9,13-14H,4-5H2,(H,11,15,16). The van der Waals surface area contributed by atoms with E-state index in [9.17, 15) is 9.59 Å². The second-order valence-electron chi connectivity index (χ2n) is 3.63. The maximum atomic E-state index is 11.5. The SMILES string of the molecule is O=c1ccn(C2OC(CO)C=C2CO)c(=O)[nH]1. The number of H-pyrrole nitrogens is 1. The van der Waals surface area contributed by atoms with Crippen LogP contribution >= 0.6 is 0 Å². The highest BCUT2D eigenvalue weighted by Crippen LogP contribution is 2.26. The topological polar surface area (TPSA) is 105 Å². The monoisotopic (exact) mass is 240 g/mol. The lowest BCUT2D eigenvalue weighted by Crippen LogP contribution is -2.33. The Hall–Kier alpha value is -1.70. The first kappa shape index (κ1) is 11.8. The van der Waals surface area contributed by atoms with Gasteiger partial charge in [-0.1, -0.05) is 0 Å². The van der Waals surface area contributed by atoms with Crippen LogP contribution in [-0.4, -0.2) is 39.1 Å². The highest BCUT2D eigenvalue weighted by molar-refractivity contribution is 5.15. The molecular formula is C10H12N2O5. The van der Waals surface area contributed by atoms with Gasteiger partial charge in [0.2, 0.25) is 0 Å². The molecule has 0 saturated heterocycles. The molecule has 0 aliphatic carbocycles. The Morgan fingerprint density at radius 3 is 2.76 bits per heavy atom. The predicted molar refractivity (Wildman–Crippen MR) is 57.5 cm³/mol. The van der Waals surface area contributed by atoms with Crippen molar-refractivity contribution in [3.63, 3.8) is 0 Å². The van der Waals surface area contributed by atoms with Crippen molar-refractivity contribution in [1.82, 2.24) is 9.55 Å². The van der Waals surface area contributed by atoms with Gasteiger partial charge in [0, 0.05) is 17.8 Å². The molecule has 1 aromatic heterocycles. The second kappa shape index (κ2) is 4.66. The van der Waals surface area contributed by atoms with Gasteiger partial charge in [0.05, 0.1) is 13.2 Å². The number of aliphatic hydroxyl groups excluding tert-OH is 2. The number of rotatable bonds is 3. The summed E-state index contributed by atoms with van der Waals surface area (Å²) in [5.74, 6) is 0. The van der Waals surface area contributed by atoms with Gasteiger partial charge in [-0.2, -0.15) is 0 Å². The van der Waals surface area contributed by atoms with Crippen LogP contribution in [0.1, 0.15) is 6.23 Å². The van der Waals surface area contributed by atoms with Crippen LogP contribution in [0.25, 0.3) is 0 Å². The molecule has 17 heavy (non-hydrogen) atoms. The van der Waals surface area contributed by atoms with Crippen LogP contribution in [0.5, 0.6) is 0 Å². The number of nitrogens with one attached hydrogen (secondary N) is 1. The van der Waals surface area contributed by atoms with Crippen molar-refractivity contribution in [2.24, 2.45) is 0 Å². The molecule has 2 unspecified atom stereocenters. The summed E-state index contributed by atoms with van der Waals surface area (Å²) >= 11 is 0. The van der Waals surface area contributed by atoms with E-state index in [2.05, 4.69) is 4.98 Å². The molecule has 3 N–H and O–H groups in total. The fourth-order valence-electron chi connectivity index (χ4n) is 1.70. The number of nitrogens with zero attached hydrogens (tertiary/aromatic N) is 1. The van der Waals surface area contributed by atoms with Crippen molar-refractivity contribution in [2.75, 3.05) is 13.2 Å². The minimum atomic E-state index is -0.790. The van der Waals surface area contributed by atoms with E-state index in [0.29, 0.717) is 5.57 Å². The Morgan fingerprint density at radius 1 is 1.41 bits per heavy atom. The van der Waals surface area contributed by atoms with Crippen molar-refractivity contribution in [3.8, 4) is 0 Å². The summed E-state index contributed by atoms with van der Waals surface area (Å²) in [5.41, 5.74) is -0.656. The van der Waals surface area contributed by atoms with Crippen molar-refractivity contribution < 1.29 is 14.9 Å². The Balaban J connectivity index is 2.38. The molecule has 1 aromatic rings. The van der Waals surface area contributed by atoms with E-state index in [1.165, 1.54) is 12.3 Å². The number of aliphatic hydroxyl groups is 2. The Morgan fingerprint density at radius 2 is 2.18 bits per heavy atom. The van der Waals surface area contributed by atoms with Gasteiger partial charge in [-0.25, -0.2) is 4.79 Å². The first-order valence-electron chi connectivity index (χ1n) is 5.05. The molecule has 0 fully saturated rings. The molecule has 0 saturated carbocycles. The lowest BCUT2D eigenvalue weighted by molar-refractivity contribution is -0.0174. The van der Waals surface area contributed by atoms with E-state index in [4.69, 9.17) is 14.9 Å². The van der Waals surface area contributed by atoms with Gasteiger partial charge in [0.1, 0.15) is 6.10 Å². The maximum Gasteiger partial charge on any atom is 0.330 e. The molecule has 7 heteroatoms. The molecule has 0 radical (unpaired) electrons. The van der Waals surface area contributed by atoms with Gasteiger partial charge < -0.3 is 14.9 Å². The minimum absolute atomic E-state index is 0.238. The summed E-state index contributed by atoms with van der Waals surface area (Å²) in [6.45, 7) is -0.523. The quantitative estimate of drug-likeness (QED) is 0.549. The fourth-order valence-corrected chi connectivity index (χ4v) is 1.70. The zero-order valence-corrected chi connectivity index (χ0v) is 8.87. The predicted octanol–water partition coefficient (Wildman–Crippen LogP) is -1.65. The lowest BCUT2D eigenvalue weighted by atomic mass is 10.2. The molecule has 0 amide bonds. The molecule has 1 aliphatic rings. The van der Waals surface area contributed by atoms with Gasteiger partial charge in [0.15, 0.2) is 6.23 Å². The van der Waals surface area contributed by atoms with E-state index < -0.39 is 23.6 Å². The highest BCUT2D eigenvalue weighted by atomic mass is 16.5. The number of hydrogen-bond donors (Lipinski definition) is 3. The molecule has 0 aromatic carbocycles. The minimum Gasteiger partial charge on any atom is -0.393 e. The first-order valence-corrected chi connectivity index (χ1v) is 5.05. The summed E-state index contributed by atoms with van der Waals surface area (Å²) in [5, 5.41) is 18.1. The summed E-state index contributed by atoms with van der Waals surface area (Å²) in [4.78, 5) is 24.5. The van der Waals surface area contributed by atoms with Crippen LogP contribution in [0.3, 0.4) is 0 Å². The summed E-state index contributed by atoms with van der Waals surface area (Å²) in [6.07, 6.45) is 1.50. The Labute approximate surface area is 95.6 Å². The third-order valence-electron chi connectivity index (χ3n) is 2.49. The van der Waals surface area contributed by atoms with Crippen LogP contribution < -0.4 is 11.2 Å². The van der Waals surface area contributed by atoms with Crippen molar-refractivity contribution in [1.29, 1.82) is 0 Å². The first-order chi connectivity index (χ1) is 8.15. The van der Waals surface area contributed by atoms with Crippen molar-refractivity contribution >= 4 is 0 Å². The third kappa shape index (κ3) is 2.21.